The van der Waals surface area contributed by atoms with Crippen molar-refractivity contribution in [1.29, 1.82) is 0 Å². The molecule has 6 atom stereocenters. The van der Waals surface area contributed by atoms with E-state index in [-0.39, 0.29) is 58.8 Å². The Labute approximate surface area is 365 Å². The number of carbonyl (C=O) groups excluding carboxylic acids is 6. The van der Waals surface area contributed by atoms with Gasteiger partial charge < -0.3 is 21.3 Å². The number of fused-ring (bicyclic) bond motifs is 2. The summed E-state index contributed by atoms with van der Waals surface area (Å²) in [6, 6.07) is 8.32. The lowest BCUT2D eigenvalue weighted by molar-refractivity contribution is -0.141. The number of thioether (sulfide) groups is 2. The summed E-state index contributed by atoms with van der Waals surface area (Å²) in [7, 11) is 0. The van der Waals surface area contributed by atoms with Gasteiger partial charge in [-0.25, -0.2) is 0 Å². The third kappa shape index (κ3) is 8.41. The lowest BCUT2D eigenvalue weighted by Gasteiger charge is -2.36. The second-order valence-electron chi connectivity index (χ2n) is 17.4. The van der Waals surface area contributed by atoms with Gasteiger partial charge in [0.05, 0.1) is 44.2 Å². The van der Waals surface area contributed by atoms with E-state index in [1.54, 1.807) is 0 Å². The average molecular weight is 857 g/mol. The van der Waals surface area contributed by atoms with E-state index in [2.05, 4.69) is 45.6 Å². The summed E-state index contributed by atoms with van der Waals surface area (Å²) in [5, 5.41) is 12.8. The molecule has 4 aliphatic carbocycles. The van der Waals surface area contributed by atoms with Crippen molar-refractivity contribution in [3.05, 3.63) is 127 Å². The van der Waals surface area contributed by atoms with Crippen molar-refractivity contribution in [1.82, 2.24) is 10.6 Å². The molecule has 2 heterocycles. The van der Waals surface area contributed by atoms with Crippen molar-refractivity contribution >= 4 is 69.8 Å². The van der Waals surface area contributed by atoms with Crippen LogP contribution in [-0.4, -0.2) is 57.5 Å². The second-order valence-corrected chi connectivity index (χ2v) is 19.8. The summed E-state index contributed by atoms with van der Waals surface area (Å²) in [6.07, 6.45) is 18.3. The van der Waals surface area contributed by atoms with E-state index in [0.717, 1.165) is 44.8 Å². The first kappa shape index (κ1) is 42.5. The molecule has 61 heavy (non-hydrogen) atoms. The molecule has 316 valence electrons. The van der Waals surface area contributed by atoms with Gasteiger partial charge >= 0.3 is 0 Å². The Balaban J connectivity index is 0.952. The van der Waals surface area contributed by atoms with Crippen molar-refractivity contribution in [2.75, 3.05) is 10.6 Å². The van der Waals surface area contributed by atoms with Crippen LogP contribution in [0, 0.1) is 25.7 Å². The van der Waals surface area contributed by atoms with Crippen molar-refractivity contribution in [2.45, 2.75) is 108 Å². The molecule has 2 aliphatic heterocycles. The van der Waals surface area contributed by atoms with Crippen LogP contribution in [0.25, 0.3) is 0 Å². The molecule has 10 nitrogen and oxygen atoms in total. The number of benzene rings is 2. The van der Waals surface area contributed by atoms with E-state index < -0.39 is 35.2 Å². The molecular formula is C49H52N4O6S2. The number of allylic oxidation sites excluding steroid dienone is 8. The Hall–Kier alpha value is -5.20. The molecule has 6 unspecified atom stereocenters. The first-order valence-corrected chi connectivity index (χ1v) is 23.0. The smallest absolute Gasteiger partial charge is 0.292 e. The number of rotatable bonds is 10. The molecular weight excluding hydrogens is 805 g/mol. The first-order chi connectivity index (χ1) is 29.2. The molecule has 6 aliphatic rings. The van der Waals surface area contributed by atoms with Crippen LogP contribution in [0.3, 0.4) is 0 Å². The minimum absolute atomic E-state index is 0.0106. The highest BCUT2D eigenvalue weighted by molar-refractivity contribution is 8.05. The number of Topliss-reactive ketones (excluding diaryl/α,β-unsaturated/α-hetero) is 4. The third-order valence-corrected chi connectivity index (χ3v) is 15.2. The molecule has 0 aromatic heterocycles. The average Bonchev–Trinajstić information content (AvgIpc) is 3.23. The monoisotopic (exact) mass is 856 g/mol. The lowest BCUT2D eigenvalue weighted by atomic mass is 9.86. The van der Waals surface area contributed by atoms with Gasteiger partial charge in [0.25, 0.3) is 11.8 Å². The fourth-order valence-corrected chi connectivity index (χ4v) is 11.8. The molecule has 4 N–H and O–H groups in total. The molecule has 0 saturated heterocycles. The second kappa shape index (κ2) is 17.3. The van der Waals surface area contributed by atoms with E-state index in [4.69, 9.17) is 0 Å². The minimum atomic E-state index is -1.02. The zero-order valence-electron chi connectivity index (χ0n) is 35.3. The van der Waals surface area contributed by atoms with Crippen molar-refractivity contribution in [3.63, 3.8) is 0 Å². The SMILES string of the molecule is Cc1cc(Cc2cc(C)c(NC(=O)C(=O)C3CCC4=C(SC5C=CC=CC5N4)C3=O)c(C(C)C)c2)cc(C(C)C)c1NC(=O)C(=O)C1CCC2=C(SC3C=CC=CC3N2)C1=O. The Morgan fingerprint density at radius 1 is 0.623 bits per heavy atom. The number of ketones is 4. The Bertz CT molecular complexity index is 2290. The lowest BCUT2D eigenvalue weighted by Crippen LogP contribution is -2.45. The molecule has 0 fully saturated rings. The van der Waals surface area contributed by atoms with Gasteiger partial charge in [0.15, 0.2) is 11.6 Å². The van der Waals surface area contributed by atoms with Crippen LogP contribution in [-0.2, 0) is 35.2 Å². The van der Waals surface area contributed by atoms with Crippen LogP contribution >= 0.6 is 23.5 Å². The fourth-order valence-electron chi connectivity index (χ4n) is 9.19. The van der Waals surface area contributed by atoms with Gasteiger partial charge in [0, 0.05) is 22.8 Å². The van der Waals surface area contributed by atoms with Crippen molar-refractivity contribution < 1.29 is 28.8 Å². The van der Waals surface area contributed by atoms with Gasteiger partial charge in [-0.3, -0.25) is 28.8 Å². The van der Waals surface area contributed by atoms with E-state index in [1.165, 1.54) is 23.5 Å². The zero-order chi connectivity index (χ0) is 43.3. The van der Waals surface area contributed by atoms with Crippen LogP contribution in [0.1, 0.15) is 98.6 Å². The summed E-state index contributed by atoms with van der Waals surface area (Å²) in [6.45, 7) is 12.0. The third-order valence-electron chi connectivity index (χ3n) is 12.4. The molecule has 8 rings (SSSR count). The van der Waals surface area contributed by atoms with Gasteiger partial charge in [-0.15, -0.1) is 23.5 Å². The predicted molar refractivity (Wildman–Crippen MR) is 243 cm³/mol. The Morgan fingerprint density at radius 2 is 1.02 bits per heavy atom. The van der Waals surface area contributed by atoms with Crippen LogP contribution in [0.2, 0.25) is 0 Å². The molecule has 0 bridgehead atoms. The number of aryl methyl sites for hydroxylation is 2. The minimum Gasteiger partial charge on any atom is -0.380 e. The maximum absolute atomic E-state index is 13.6. The van der Waals surface area contributed by atoms with Crippen LogP contribution < -0.4 is 21.3 Å². The van der Waals surface area contributed by atoms with E-state index in [9.17, 15) is 28.8 Å². The summed E-state index contributed by atoms with van der Waals surface area (Å²) < 4.78 is 0. The number of carbonyl (C=O) groups is 6. The topological polar surface area (TPSA) is 151 Å². The van der Waals surface area contributed by atoms with E-state index in [1.807, 2.05) is 90.1 Å². The predicted octanol–water partition coefficient (Wildman–Crippen LogP) is 7.94. The summed E-state index contributed by atoms with van der Waals surface area (Å²) >= 11 is 2.94. The normalized spacial score (nSPS) is 25.0. The number of anilines is 2. The number of hydrogen-bond acceptors (Lipinski definition) is 10. The summed E-state index contributed by atoms with van der Waals surface area (Å²) in [4.78, 5) is 82.8. The molecule has 2 aromatic rings. The van der Waals surface area contributed by atoms with Gasteiger partial charge in [-0.2, -0.15) is 0 Å². The fraction of sp³-hybridized carbons (Fsp3) is 0.388. The maximum Gasteiger partial charge on any atom is 0.292 e. The molecule has 0 spiro atoms. The van der Waals surface area contributed by atoms with E-state index >= 15 is 0 Å². The van der Waals surface area contributed by atoms with Crippen molar-refractivity contribution in [2.24, 2.45) is 11.8 Å². The van der Waals surface area contributed by atoms with Crippen molar-refractivity contribution in [3.8, 4) is 0 Å². The highest BCUT2D eigenvalue weighted by Crippen LogP contribution is 2.43. The molecule has 12 heteroatoms. The number of nitrogens with one attached hydrogen (secondary N) is 4. The first-order valence-electron chi connectivity index (χ1n) is 21.3. The Morgan fingerprint density at radius 3 is 1.41 bits per heavy atom. The number of amides is 2. The van der Waals surface area contributed by atoms with Gasteiger partial charge in [-0.05, 0) is 91.2 Å². The molecule has 2 amide bonds. The Kier molecular flexibility index (Phi) is 12.0. The highest BCUT2D eigenvalue weighted by Gasteiger charge is 2.43. The molecule has 0 saturated carbocycles. The van der Waals surface area contributed by atoms with E-state index in [0.29, 0.717) is 40.4 Å². The van der Waals surface area contributed by atoms with Crippen LogP contribution in [0.5, 0.6) is 0 Å². The molecule has 0 radical (unpaired) electrons. The van der Waals surface area contributed by atoms with Crippen LogP contribution in [0.15, 0.2) is 94.1 Å². The maximum atomic E-state index is 13.6. The van der Waals surface area contributed by atoms with Gasteiger partial charge in [-0.1, -0.05) is 101 Å². The van der Waals surface area contributed by atoms with Gasteiger partial charge in [0.2, 0.25) is 11.6 Å². The van der Waals surface area contributed by atoms with Gasteiger partial charge in [0.1, 0.15) is 0 Å². The summed E-state index contributed by atoms with van der Waals surface area (Å²) in [5.41, 5.74) is 8.23. The highest BCUT2D eigenvalue weighted by atomic mass is 32.2. The van der Waals surface area contributed by atoms with Crippen LogP contribution in [0.4, 0.5) is 11.4 Å². The standard InChI is InChI=1S/C49H52N4O6S2/c1-24(2)32-22-28(19-26(5)40(32)52-48(58)44(56)30-15-17-36-46(42(30)54)60-38-13-9-7-11-34(38)50-36)21-29-20-27(6)41(33(23-29)25(3)4)53-49(59)45(57)31-16-18-37-47(43(31)55)61-39-14-10-8-12-35(39)51-37/h7-14,19-20,22-25,30-31,34-35,38-39,50-51H,15-18,21H2,1-6H3,(H,52,58)(H,53,59). The summed E-state index contributed by atoms with van der Waals surface area (Å²) in [5.74, 6) is -5.59. The zero-order valence-corrected chi connectivity index (χ0v) is 37.0. The number of hydrogen-bond donors (Lipinski definition) is 4. The largest absolute Gasteiger partial charge is 0.380 e. The molecule has 2 aromatic carbocycles. The quantitative estimate of drug-likeness (QED) is 0.137.